The lowest BCUT2D eigenvalue weighted by Gasteiger charge is -2.25. The predicted molar refractivity (Wildman–Crippen MR) is 72.9 cm³/mol. The highest BCUT2D eigenvalue weighted by molar-refractivity contribution is 6.01. The molecule has 0 saturated carbocycles. The second-order valence-corrected chi connectivity index (χ2v) is 5.34. The molecular weight excluding hydrogens is 256 g/mol. The van der Waals surface area contributed by atoms with E-state index in [-0.39, 0.29) is 24.5 Å². The Morgan fingerprint density at radius 1 is 1.30 bits per heavy atom. The Kier molecular flexibility index (Phi) is 3.44. The first-order valence-electron chi connectivity index (χ1n) is 7.02. The molecule has 0 aliphatic carbocycles. The van der Waals surface area contributed by atoms with Crippen LogP contribution in [0.5, 0.6) is 0 Å². The molecule has 0 spiro atoms. The molecule has 20 heavy (non-hydrogen) atoms. The van der Waals surface area contributed by atoms with E-state index in [1.54, 1.807) is 17.0 Å². The third kappa shape index (κ3) is 2.08. The highest BCUT2D eigenvalue weighted by Gasteiger charge is 2.37. The Hall–Kier alpha value is -1.88. The number of rotatable bonds is 2. The van der Waals surface area contributed by atoms with Crippen LogP contribution in [0, 0.1) is 0 Å². The van der Waals surface area contributed by atoms with E-state index in [0.717, 1.165) is 24.0 Å². The van der Waals surface area contributed by atoms with Crippen molar-refractivity contribution in [3.8, 4) is 0 Å². The van der Waals surface area contributed by atoms with Crippen LogP contribution in [0.2, 0.25) is 0 Å². The highest BCUT2D eigenvalue weighted by Crippen LogP contribution is 2.29. The zero-order valence-corrected chi connectivity index (χ0v) is 11.3. The van der Waals surface area contributed by atoms with E-state index in [2.05, 4.69) is 5.32 Å². The van der Waals surface area contributed by atoms with Crippen LogP contribution >= 0.6 is 0 Å². The molecule has 5 nitrogen and oxygen atoms in total. The van der Waals surface area contributed by atoms with Crippen LogP contribution < -0.4 is 5.32 Å². The number of amides is 2. The van der Waals surface area contributed by atoms with Crippen molar-refractivity contribution in [2.24, 2.45) is 0 Å². The summed E-state index contributed by atoms with van der Waals surface area (Å²) in [5.74, 6) is -0.161. The molecule has 2 aliphatic heterocycles. The molecule has 2 amide bonds. The molecule has 106 valence electrons. The molecule has 1 fully saturated rings. The second kappa shape index (κ2) is 5.25. The summed E-state index contributed by atoms with van der Waals surface area (Å²) < 4.78 is 0. The zero-order valence-electron chi connectivity index (χ0n) is 11.3. The molecule has 1 unspecified atom stereocenters. The van der Waals surface area contributed by atoms with Gasteiger partial charge in [-0.25, -0.2) is 0 Å². The van der Waals surface area contributed by atoms with E-state index in [0.29, 0.717) is 25.1 Å². The Bertz CT molecular complexity index is 556. The average Bonchev–Trinajstić information content (AvgIpc) is 2.65. The molecule has 2 N–H and O–H groups in total. The zero-order chi connectivity index (χ0) is 14.1. The fourth-order valence-corrected chi connectivity index (χ4v) is 3.04. The molecule has 2 heterocycles. The van der Waals surface area contributed by atoms with Crippen molar-refractivity contribution in [3.63, 3.8) is 0 Å². The van der Waals surface area contributed by atoms with Gasteiger partial charge in [-0.2, -0.15) is 0 Å². The van der Waals surface area contributed by atoms with Gasteiger partial charge in [-0.1, -0.05) is 12.1 Å². The van der Waals surface area contributed by atoms with Gasteiger partial charge < -0.3 is 15.3 Å². The fraction of sp³-hybridized carbons (Fsp3) is 0.467. The highest BCUT2D eigenvalue weighted by atomic mass is 16.3. The number of hydrogen-bond donors (Lipinski definition) is 2. The van der Waals surface area contributed by atoms with Crippen molar-refractivity contribution in [1.82, 2.24) is 10.2 Å². The third-order valence-electron chi connectivity index (χ3n) is 4.15. The van der Waals surface area contributed by atoms with Crippen molar-refractivity contribution in [2.75, 3.05) is 6.54 Å². The summed E-state index contributed by atoms with van der Waals surface area (Å²) >= 11 is 0. The van der Waals surface area contributed by atoms with Gasteiger partial charge >= 0.3 is 0 Å². The number of nitrogens with one attached hydrogen (secondary N) is 1. The maximum absolute atomic E-state index is 12.5. The second-order valence-electron chi connectivity index (χ2n) is 5.34. The summed E-state index contributed by atoms with van der Waals surface area (Å²) in [6.07, 6.45) is 2.61. The van der Waals surface area contributed by atoms with Crippen molar-refractivity contribution in [2.45, 2.75) is 38.5 Å². The van der Waals surface area contributed by atoms with Crippen molar-refractivity contribution in [1.29, 1.82) is 0 Å². The standard InChI is InChI=1S/C15H18N2O3/c18-9-10-4-3-5-11-12(10)8-17(15(11)20)13-6-1-2-7-16-14(13)19/h3-5,13,18H,1-2,6-9H2,(H,16,19). The molecule has 0 radical (unpaired) electrons. The number of carbonyl (C=O) groups excluding carboxylic acids is 2. The Morgan fingerprint density at radius 3 is 2.95 bits per heavy atom. The molecule has 1 atom stereocenters. The molecule has 3 rings (SSSR count). The van der Waals surface area contributed by atoms with Gasteiger partial charge in [0.05, 0.1) is 6.61 Å². The van der Waals surface area contributed by atoms with E-state index >= 15 is 0 Å². The Balaban J connectivity index is 1.91. The number of aliphatic hydroxyl groups is 1. The quantitative estimate of drug-likeness (QED) is 0.838. The SMILES string of the molecule is O=C1NCCCCC1N1Cc2c(CO)cccc2C1=O. The first-order chi connectivity index (χ1) is 9.72. The van der Waals surface area contributed by atoms with Crippen LogP contribution in [-0.2, 0) is 17.9 Å². The molecule has 2 aliphatic rings. The van der Waals surface area contributed by atoms with Crippen LogP contribution in [0.1, 0.15) is 40.7 Å². The molecule has 1 aromatic rings. The van der Waals surface area contributed by atoms with Gasteiger partial charge in [-0.05, 0) is 36.5 Å². The minimum absolute atomic E-state index is 0.0609. The van der Waals surface area contributed by atoms with E-state index in [1.165, 1.54) is 0 Å². The van der Waals surface area contributed by atoms with Gasteiger partial charge in [-0.3, -0.25) is 9.59 Å². The Labute approximate surface area is 117 Å². The van der Waals surface area contributed by atoms with E-state index in [9.17, 15) is 14.7 Å². The monoisotopic (exact) mass is 274 g/mol. The van der Waals surface area contributed by atoms with E-state index in [1.807, 2.05) is 6.07 Å². The average molecular weight is 274 g/mol. The van der Waals surface area contributed by atoms with Gasteiger partial charge in [-0.15, -0.1) is 0 Å². The lowest BCUT2D eigenvalue weighted by Crippen LogP contribution is -2.45. The first-order valence-corrected chi connectivity index (χ1v) is 7.02. The molecule has 5 heteroatoms. The Morgan fingerprint density at radius 2 is 2.15 bits per heavy atom. The van der Waals surface area contributed by atoms with Gasteiger partial charge in [0.15, 0.2) is 0 Å². The minimum atomic E-state index is -0.385. The molecule has 1 saturated heterocycles. The number of carbonyl (C=O) groups is 2. The summed E-state index contributed by atoms with van der Waals surface area (Å²) in [4.78, 5) is 26.2. The number of fused-ring (bicyclic) bond motifs is 1. The topological polar surface area (TPSA) is 69.6 Å². The maximum Gasteiger partial charge on any atom is 0.255 e. The number of nitrogens with zero attached hydrogens (tertiary/aromatic N) is 1. The van der Waals surface area contributed by atoms with Crippen molar-refractivity contribution >= 4 is 11.8 Å². The number of benzene rings is 1. The summed E-state index contributed by atoms with van der Waals surface area (Å²) in [5, 5.41) is 12.2. The minimum Gasteiger partial charge on any atom is -0.392 e. The number of aliphatic hydroxyl groups excluding tert-OH is 1. The lowest BCUT2D eigenvalue weighted by atomic mass is 10.0. The lowest BCUT2D eigenvalue weighted by molar-refractivity contribution is -0.125. The van der Waals surface area contributed by atoms with Gasteiger partial charge in [0.25, 0.3) is 5.91 Å². The van der Waals surface area contributed by atoms with Crippen LogP contribution in [-0.4, -0.2) is 34.4 Å². The van der Waals surface area contributed by atoms with Crippen LogP contribution in [0.3, 0.4) is 0 Å². The van der Waals surface area contributed by atoms with Gasteiger partial charge in [0.1, 0.15) is 6.04 Å². The van der Waals surface area contributed by atoms with Crippen molar-refractivity contribution < 1.29 is 14.7 Å². The van der Waals surface area contributed by atoms with Crippen LogP contribution in [0.25, 0.3) is 0 Å². The van der Waals surface area contributed by atoms with Crippen LogP contribution in [0.15, 0.2) is 18.2 Å². The maximum atomic E-state index is 12.5. The normalized spacial score (nSPS) is 22.4. The predicted octanol–water partition coefficient (Wildman–Crippen LogP) is 0.803. The van der Waals surface area contributed by atoms with E-state index in [4.69, 9.17) is 0 Å². The molecule has 0 aromatic heterocycles. The van der Waals surface area contributed by atoms with E-state index < -0.39 is 0 Å². The summed E-state index contributed by atoms with van der Waals surface area (Å²) in [6.45, 7) is 1.02. The first kappa shape index (κ1) is 13.1. The van der Waals surface area contributed by atoms with Gasteiger partial charge in [0.2, 0.25) is 5.91 Å². The van der Waals surface area contributed by atoms with Crippen LogP contribution in [0.4, 0.5) is 0 Å². The molecule has 1 aromatic carbocycles. The molecule has 0 bridgehead atoms. The third-order valence-corrected chi connectivity index (χ3v) is 4.15. The largest absolute Gasteiger partial charge is 0.392 e. The number of hydrogen-bond acceptors (Lipinski definition) is 3. The summed E-state index contributed by atoms with van der Waals surface area (Å²) in [5.41, 5.74) is 2.25. The van der Waals surface area contributed by atoms with Gasteiger partial charge in [0, 0.05) is 18.7 Å². The fourth-order valence-electron chi connectivity index (χ4n) is 3.04. The summed E-state index contributed by atoms with van der Waals surface area (Å²) in [7, 11) is 0. The van der Waals surface area contributed by atoms with Crippen molar-refractivity contribution in [3.05, 3.63) is 34.9 Å². The summed E-state index contributed by atoms with van der Waals surface area (Å²) in [6, 6.07) is 4.98. The smallest absolute Gasteiger partial charge is 0.255 e. The molecular formula is C15H18N2O3.